The third-order valence-corrected chi connectivity index (χ3v) is 4.13. The summed E-state index contributed by atoms with van der Waals surface area (Å²) in [6.45, 7) is 16.5. The fourth-order valence-corrected chi connectivity index (χ4v) is 2.16. The SMILES string of the molecule is CC(C)(C)NC(CCC(=O)NCC(=O)C(C)(C)C)C(=O)NCC(=O)C(C)(C)C. The Bertz CT molecular complexity index is 578. The average Bonchev–Trinajstić information content (AvgIpc) is 2.50. The van der Waals surface area contributed by atoms with Gasteiger partial charge in [-0.15, -0.1) is 0 Å². The predicted octanol–water partition coefficient (Wildman–Crippen LogP) is 1.99. The van der Waals surface area contributed by atoms with Crippen molar-refractivity contribution in [1.29, 1.82) is 0 Å². The summed E-state index contributed by atoms with van der Waals surface area (Å²) in [5.41, 5.74) is -1.38. The van der Waals surface area contributed by atoms with Crippen molar-refractivity contribution in [3.8, 4) is 0 Å². The number of rotatable bonds is 9. The van der Waals surface area contributed by atoms with Crippen molar-refractivity contribution >= 4 is 23.4 Å². The van der Waals surface area contributed by atoms with Crippen molar-refractivity contribution in [2.24, 2.45) is 10.8 Å². The number of hydrogen-bond donors (Lipinski definition) is 3. The standard InChI is InChI=1S/C21H39N3O4/c1-19(2,3)15(25)12-22-17(27)11-10-14(24-21(7,8)9)18(28)23-13-16(26)20(4,5)6/h14,24H,10-13H2,1-9H3,(H,22,27)(H,23,28). The first kappa shape index (κ1) is 26.2. The monoisotopic (exact) mass is 397 g/mol. The summed E-state index contributed by atoms with van der Waals surface area (Å²) in [5.74, 6) is -0.708. The van der Waals surface area contributed by atoms with E-state index in [1.807, 2.05) is 20.8 Å². The molecular weight excluding hydrogens is 358 g/mol. The lowest BCUT2D eigenvalue weighted by Gasteiger charge is -2.28. The molecule has 2 amide bonds. The molecule has 0 heterocycles. The second kappa shape index (κ2) is 10.1. The van der Waals surface area contributed by atoms with Crippen LogP contribution in [0, 0.1) is 10.8 Å². The molecule has 1 atom stereocenters. The topological polar surface area (TPSA) is 104 Å². The quantitative estimate of drug-likeness (QED) is 0.552. The van der Waals surface area contributed by atoms with Crippen LogP contribution in [0.15, 0.2) is 0 Å². The van der Waals surface area contributed by atoms with Gasteiger partial charge in [0.25, 0.3) is 0 Å². The second-order valence-electron chi connectivity index (χ2n) is 10.3. The maximum atomic E-state index is 12.6. The van der Waals surface area contributed by atoms with Crippen molar-refractivity contribution in [2.45, 2.75) is 86.7 Å². The number of ketones is 2. The fourth-order valence-electron chi connectivity index (χ4n) is 2.16. The number of carbonyl (C=O) groups excluding carboxylic acids is 4. The molecule has 0 aromatic heterocycles. The van der Waals surface area contributed by atoms with Crippen LogP contribution in [0.5, 0.6) is 0 Å². The zero-order valence-corrected chi connectivity index (χ0v) is 19.0. The minimum absolute atomic E-state index is 0.0218. The van der Waals surface area contributed by atoms with Gasteiger partial charge in [0.15, 0.2) is 11.6 Å². The Morgan fingerprint density at radius 2 is 1.14 bits per heavy atom. The summed E-state index contributed by atoms with van der Waals surface area (Å²) in [6.07, 6.45) is 0.369. The molecular formula is C21H39N3O4. The van der Waals surface area contributed by atoms with Crippen LogP contribution < -0.4 is 16.0 Å². The number of nitrogens with one attached hydrogen (secondary N) is 3. The van der Waals surface area contributed by atoms with E-state index in [9.17, 15) is 19.2 Å². The average molecular weight is 398 g/mol. The van der Waals surface area contributed by atoms with Crippen molar-refractivity contribution < 1.29 is 19.2 Å². The van der Waals surface area contributed by atoms with Gasteiger partial charge in [-0.2, -0.15) is 0 Å². The van der Waals surface area contributed by atoms with Crippen molar-refractivity contribution in [3.05, 3.63) is 0 Å². The van der Waals surface area contributed by atoms with Gasteiger partial charge < -0.3 is 16.0 Å². The first-order valence-corrected chi connectivity index (χ1v) is 9.82. The van der Waals surface area contributed by atoms with Crippen LogP contribution in [0.25, 0.3) is 0 Å². The van der Waals surface area contributed by atoms with E-state index in [0.717, 1.165) is 0 Å². The van der Waals surface area contributed by atoms with Gasteiger partial charge in [-0.05, 0) is 27.2 Å². The van der Waals surface area contributed by atoms with E-state index in [-0.39, 0.29) is 54.9 Å². The molecule has 162 valence electrons. The molecule has 28 heavy (non-hydrogen) atoms. The molecule has 7 heteroatoms. The molecule has 7 nitrogen and oxygen atoms in total. The third kappa shape index (κ3) is 11.2. The summed E-state index contributed by atoms with van der Waals surface area (Å²) in [4.78, 5) is 48.6. The Kier molecular flexibility index (Phi) is 9.50. The maximum Gasteiger partial charge on any atom is 0.237 e. The first-order chi connectivity index (χ1) is 12.4. The van der Waals surface area contributed by atoms with Crippen LogP contribution in [0.1, 0.15) is 75.2 Å². The summed E-state index contributed by atoms with van der Waals surface area (Å²) in [7, 11) is 0. The highest BCUT2D eigenvalue weighted by molar-refractivity contribution is 5.91. The van der Waals surface area contributed by atoms with Crippen LogP contribution in [-0.4, -0.2) is 48.1 Å². The van der Waals surface area contributed by atoms with Gasteiger partial charge in [0.05, 0.1) is 19.1 Å². The van der Waals surface area contributed by atoms with Gasteiger partial charge >= 0.3 is 0 Å². The number of hydrogen-bond acceptors (Lipinski definition) is 5. The fraction of sp³-hybridized carbons (Fsp3) is 0.810. The molecule has 0 spiro atoms. The van der Waals surface area contributed by atoms with E-state index in [0.29, 0.717) is 0 Å². The van der Waals surface area contributed by atoms with E-state index in [1.54, 1.807) is 41.5 Å². The zero-order valence-electron chi connectivity index (χ0n) is 19.0. The molecule has 0 aliphatic carbocycles. The summed E-state index contributed by atoms with van der Waals surface area (Å²) in [5, 5.41) is 8.48. The van der Waals surface area contributed by atoms with Crippen molar-refractivity contribution in [2.75, 3.05) is 13.1 Å². The molecule has 0 saturated heterocycles. The summed E-state index contributed by atoms with van der Waals surface area (Å²) in [6, 6.07) is -0.614. The molecule has 0 aromatic carbocycles. The second-order valence-corrected chi connectivity index (χ2v) is 10.3. The lowest BCUT2D eigenvalue weighted by molar-refractivity contribution is -0.130. The Labute approximate surface area is 169 Å². The van der Waals surface area contributed by atoms with Gasteiger partial charge in [-0.1, -0.05) is 41.5 Å². The van der Waals surface area contributed by atoms with Crippen LogP contribution in [0.3, 0.4) is 0 Å². The molecule has 0 bridgehead atoms. The van der Waals surface area contributed by atoms with Crippen LogP contribution >= 0.6 is 0 Å². The number of Topliss-reactive ketones (excluding diaryl/α,β-unsaturated/α-hetero) is 2. The minimum atomic E-state index is -0.614. The lowest BCUT2D eigenvalue weighted by Crippen LogP contribution is -2.53. The molecule has 0 aliphatic rings. The van der Waals surface area contributed by atoms with Crippen LogP contribution in [-0.2, 0) is 19.2 Å². The van der Waals surface area contributed by atoms with Gasteiger partial charge in [0.1, 0.15) is 0 Å². The van der Waals surface area contributed by atoms with Crippen LogP contribution in [0.2, 0.25) is 0 Å². The van der Waals surface area contributed by atoms with Crippen molar-refractivity contribution in [1.82, 2.24) is 16.0 Å². The molecule has 1 unspecified atom stereocenters. The molecule has 0 fully saturated rings. The highest BCUT2D eigenvalue weighted by atomic mass is 16.2. The Morgan fingerprint density at radius 3 is 1.54 bits per heavy atom. The minimum Gasteiger partial charge on any atom is -0.349 e. The molecule has 0 aromatic rings. The van der Waals surface area contributed by atoms with Gasteiger partial charge in [0, 0.05) is 22.8 Å². The maximum absolute atomic E-state index is 12.6. The highest BCUT2D eigenvalue weighted by Gasteiger charge is 2.27. The molecule has 0 rings (SSSR count). The summed E-state index contributed by atoms with van der Waals surface area (Å²) < 4.78 is 0. The zero-order chi connectivity index (χ0) is 22.3. The molecule has 0 radical (unpaired) electrons. The highest BCUT2D eigenvalue weighted by Crippen LogP contribution is 2.14. The Balaban J connectivity index is 4.77. The van der Waals surface area contributed by atoms with Crippen molar-refractivity contribution in [3.63, 3.8) is 0 Å². The number of amides is 2. The van der Waals surface area contributed by atoms with Crippen LogP contribution in [0.4, 0.5) is 0 Å². The molecule has 3 N–H and O–H groups in total. The van der Waals surface area contributed by atoms with Gasteiger partial charge in [0.2, 0.25) is 11.8 Å². The summed E-state index contributed by atoms with van der Waals surface area (Å²) >= 11 is 0. The molecule has 0 saturated carbocycles. The van der Waals surface area contributed by atoms with E-state index in [2.05, 4.69) is 16.0 Å². The van der Waals surface area contributed by atoms with Gasteiger partial charge in [-0.25, -0.2) is 0 Å². The third-order valence-electron chi connectivity index (χ3n) is 4.13. The van der Waals surface area contributed by atoms with E-state index in [1.165, 1.54) is 0 Å². The van der Waals surface area contributed by atoms with E-state index >= 15 is 0 Å². The smallest absolute Gasteiger partial charge is 0.237 e. The largest absolute Gasteiger partial charge is 0.349 e. The Morgan fingerprint density at radius 1 is 0.714 bits per heavy atom. The predicted molar refractivity (Wildman–Crippen MR) is 111 cm³/mol. The normalized spacial score (nSPS) is 13.6. The van der Waals surface area contributed by atoms with E-state index in [4.69, 9.17) is 0 Å². The Hall–Kier alpha value is -1.76. The lowest BCUT2D eigenvalue weighted by atomic mass is 9.91. The van der Waals surface area contributed by atoms with Gasteiger partial charge in [-0.3, -0.25) is 19.2 Å². The first-order valence-electron chi connectivity index (χ1n) is 9.82. The van der Waals surface area contributed by atoms with E-state index < -0.39 is 16.9 Å². The number of carbonyl (C=O) groups is 4. The molecule has 0 aliphatic heterocycles.